The van der Waals surface area contributed by atoms with Crippen molar-refractivity contribution in [2.75, 3.05) is 7.05 Å². The molecular weight excluding hydrogens is 280 g/mol. The quantitative estimate of drug-likeness (QED) is 0.627. The normalized spacial score (nSPS) is 11.0. The molecule has 0 atom stereocenters. The van der Waals surface area contributed by atoms with Gasteiger partial charge in [0.2, 0.25) is 0 Å². The van der Waals surface area contributed by atoms with Crippen molar-refractivity contribution in [1.29, 1.82) is 0 Å². The molecule has 0 aliphatic carbocycles. The van der Waals surface area contributed by atoms with Crippen molar-refractivity contribution in [3.8, 4) is 0 Å². The lowest BCUT2D eigenvalue weighted by atomic mass is 10.2. The van der Waals surface area contributed by atoms with E-state index in [9.17, 15) is 10.1 Å². The highest BCUT2D eigenvalue weighted by molar-refractivity contribution is 5.16. The standard InChI is InChI=1S/C16H18N4O2/c1-19(12-15-8-5-9-17-10-15)16(13-20(21)22)18-11-14-6-3-2-4-7-14/h2-10,13,18H,11-12H2,1H3. The Morgan fingerprint density at radius 3 is 2.64 bits per heavy atom. The predicted octanol–water partition coefficient (Wildman–Crippen LogP) is 2.38. The van der Waals surface area contributed by atoms with Crippen LogP contribution in [0.25, 0.3) is 0 Å². The fourth-order valence-corrected chi connectivity index (χ4v) is 2.02. The highest BCUT2D eigenvalue weighted by Crippen LogP contribution is 2.07. The summed E-state index contributed by atoms with van der Waals surface area (Å²) in [6.45, 7) is 1.06. The highest BCUT2D eigenvalue weighted by Gasteiger charge is 2.10. The van der Waals surface area contributed by atoms with Crippen LogP contribution in [-0.4, -0.2) is 21.9 Å². The molecule has 0 radical (unpaired) electrons. The first kappa shape index (κ1) is 15.5. The molecule has 1 aromatic heterocycles. The monoisotopic (exact) mass is 298 g/mol. The van der Waals surface area contributed by atoms with Crippen molar-refractivity contribution in [3.63, 3.8) is 0 Å². The number of pyridine rings is 1. The van der Waals surface area contributed by atoms with Crippen LogP contribution in [0, 0.1) is 10.1 Å². The van der Waals surface area contributed by atoms with E-state index in [0.29, 0.717) is 18.9 Å². The molecule has 0 fully saturated rings. The number of hydrogen-bond donors (Lipinski definition) is 1. The molecule has 1 heterocycles. The number of benzene rings is 1. The van der Waals surface area contributed by atoms with Gasteiger partial charge in [0, 0.05) is 32.5 Å². The van der Waals surface area contributed by atoms with Gasteiger partial charge in [0.15, 0.2) is 5.82 Å². The smallest absolute Gasteiger partial charge is 0.274 e. The Morgan fingerprint density at radius 2 is 2.00 bits per heavy atom. The first-order valence-corrected chi connectivity index (χ1v) is 6.88. The second kappa shape index (κ2) is 7.78. The Bertz CT molecular complexity index is 629. The number of nitrogens with zero attached hydrogens (tertiary/aromatic N) is 3. The lowest BCUT2D eigenvalue weighted by molar-refractivity contribution is -0.404. The molecule has 0 saturated heterocycles. The van der Waals surface area contributed by atoms with Crippen LogP contribution >= 0.6 is 0 Å². The highest BCUT2D eigenvalue weighted by atomic mass is 16.6. The zero-order valence-electron chi connectivity index (χ0n) is 12.3. The maximum Gasteiger partial charge on any atom is 0.274 e. The number of aromatic nitrogens is 1. The number of nitrogens with one attached hydrogen (secondary N) is 1. The van der Waals surface area contributed by atoms with E-state index in [1.807, 2.05) is 42.5 Å². The van der Waals surface area contributed by atoms with Gasteiger partial charge in [-0.25, -0.2) is 0 Å². The van der Waals surface area contributed by atoms with Crippen LogP contribution in [0.4, 0.5) is 0 Å². The summed E-state index contributed by atoms with van der Waals surface area (Å²) in [6.07, 6.45) is 4.43. The fourth-order valence-electron chi connectivity index (χ4n) is 2.02. The van der Waals surface area contributed by atoms with Gasteiger partial charge < -0.3 is 10.2 Å². The van der Waals surface area contributed by atoms with E-state index >= 15 is 0 Å². The molecule has 114 valence electrons. The van der Waals surface area contributed by atoms with Crippen molar-refractivity contribution in [3.05, 3.63) is 88.1 Å². The second-order valence-electron chi connectivity index (χ2n) is 4.86. The molecule has 0 amide bonds. The molecule has 0 saturated carbocycles. The third kappa shape index (κ3) is 4.90. The number of hydrogen-bond acceptors (Lipinski definition) is 5. The van der Waals surface area contributed by atoms with Gasteiger partial charge in [0.05, 0.1) is 4.92 Å². The molecule has 0 aliphatic rings. The molecular formula is C16H18N4O2. The Kier molecular flexibility index (Phi) is 5.48. The van der Waals surface area contributed by atoms with Crippen LogP contribution in [0.15, 0.2) is 66.9 Å². The summed E-state index contributed by atoms with van der Waals surface area (Å²) >= 11 is 0. The van der Waals surface area contributed by atoms with Crippen LogP contribution in [0.5, 0.6) is 0 Å². The first-order valence-electron chi connectivity index (χ1n) is 6.88. The third-order valence-electron chi connectivity index (χ3n) is 3.10. The van der Waals surface area contributed by atoms with E-state index in [-0.39, 0.29) is 0 Å². The van der Waals surface area contributed by atoms with E-state index in [1.54, 1.807) is 24.3 Å². The molecule has 0 unspecified atom stereocenters. The summed E-state index contributed by atoms with van der Waals surface area (Å²) in [6, 6.07) is 13.5. The van der Waals surface area contributed by atoms with Crippen molar-refractivity contribution >= 4 is 0 Å². The van der Waals surface area contributed by atoms with Gasteiger partial charge in [0.25, 0.3) is 6.20 Å². The average Bonchev–Trinajstić information content (AvgIpc) is 2.53. The molecule has 2 aromatic rings. The molecule has 1 N–H and O–H groups in total. The van der Waals surface area contributed by atoms with Crippen molar-refractivity contribution in [2.24, 2.45) is 0 Å². The van der Waals surface area contributed by atoms with Gasteiger partial charge in [-0.3, -0.25) is 15.1 Å². The minimum atomic E-state index is -0.451. The van der Waals surface area contributed by atoms with Crippen molar-refractivity contribution in [2.45, 2.75) is 13.1 Å². The largest absolute Gasteiger partial charge is 0.363 e. The Labute approximate surface area is 129 Å². The van der Waals surface area contributed by atoms with Gasteiger partial charge in [-0.05, 0) is 17.2 Å². The maximum absolute atomic E-state index is 10.8. The van der Waals surface area contributed by atoms with Crippen LogP contribution in [0.3, 0.4) is 0 Å². The summed E-state index contributed by atoms with van der Waals surface area (Å²) in [5.41, 5.74) is 2.05. The van der Waals surface area contributed by atoms with Crippen molar-refractivity contribution < 1.29 is 4.92 Å². The minimum absolute atomic E-state index is 0.451. The molecule has 2 rings (SSSR count). The summed E-state index contributed by atoms with van der Waals surface area (Å²) < 4.78 is 0. The SMILES string of the molecule is CN(Cc1cccnc1)C(=C[N+](=O)[O-])NCc1ccccc1. The maximum atomic E-state index is 10.8. The van der Waals surface area contributed by atoms with E-state index in [4.69, 9.17) is 0 Å². The average molecular weight is 298 g/mol. The molecule has 0 spiro atoms. The van der Waals surface area contributed by atoms with Crippen LogP contribution < -0.4 is 5.32 Å². The first-order chi connectivity index (χ1) is 10.6. The van der Waals surface area contributed by atoms with E-state index in [1.165, 1.54) is 0 Å². The van der Waals surface area contributed by atoms with Crippen LogP contribution in [0.2, 0.25) is 0 Å². The van der Waals surface area contributed by atoms with E-state index < -0.39 is 4.92 Å². The molecule has 6 nitrogen and oxygen atoms in total. The minimum Gasteiger partial charge on any atom is -0.363 e. The lowest BCUT2D eigenvalue weighted by Gasteiger charge is -2.21. The molecule has 1 aromatic carbocycles. The van der Waals surface area contributed by atoms with E-state index in [2.05, 4.69) is 10.3 Å². The predicted molar refractivity (Wildman–Crippen MR) is 84.1 cm³/mol. The summed E-state index contributed by atoms with van der Waals surface area (Å²) in [5.74, 6) is 0.456. The van der Waals surface area contributed by atoms with Gasteiger partial charge in [-0.15, -0.1) is 0 Å². The molecule has 22 heavy (non-hydrogen) atoms. The summed E-state index contributed by atoms with van der Waals surface area (Å²) in [4.78, 5) is 16.2. The second-order valence-corrected chi connectivity index (χ2v) is 4.86. The topological polar surface area (TPSA) is 71.3 Å². The Hall–Kier alpha value is -2.89. The number of nitro groups is 1. The summed E-state index contributed by atoms with van der Waals surface area (Å²) in [7, 11) is 1.81. The molecule has 0 aliphatic heterocycles. The lowest BCUT2D eigenvalue weighted by Crippen LogP contribution is -2.29. The van der Waals surface area contributed by atoms with Gasteiger partial charge >= 0.3 is 0 Å². The molecule has 6 heteroatoms. The van der Waals surface area contributed by atoms with Crippen LogP contribution in [0.1, 0.15) is 11.1 Å². The van der Waals surface area contributed by atoms with Crippen molar-refractivity contribution in [1.82, 2.24) is 15.2 Å². The van der Waals surface area contributed by atoms with Gasteiger partial charge in [0.1, 0.15) is 0 Å². The number of rotatable bonds is 7. The zero-order chi connectivity index (χ0) is 15.8. The van der Waals surface area contributed by atoms with E-state index in [0.717, 1.165) is 17.3 Å². The van der Waals surface area contributed by atoms with Crippen LogP contribution in [-0.2, 0) is 13.1 Å². The van der Waals surface area contributed by atoms with Gasteiger partial charge in [-0.1, -0.05) is 36.4 Å². The third-order valence-corrected chi connectivity index (χ3v) is 3.10. The Balaban J connectivity index is 2.04. The Morgan fingerprint density at radius 1 is 1.27 bits per heavy atom. The fraction of sp³-hybridized carbons (Fsp3) is 0.188. The van der Waals surface area contributed by atoms with Gasteiger partial charge in [-0.2, -0.15) is 0 Å². The molecule has 0 bridgehead atoms. The zero-order valence-corrected chi connectivity index (χ0v) is 12.3. The summed E-state index contributed by atoms with van der Waals surface area (Å²) in [5, 5.41) is 13.9.